The molecule has 31 heavy (non-hydrogen) atoms. The van der Waals surface area contributed by atoms with Gasteiger partial charge in [-0.05, 0) is 77.5 Å². The zero-order valence-electron chi connectivity index (χ0n) is 17.0. The van der Waals surface area contributed by atoms with Crippen LogP contribution < -0.4 is 10.7 Å². The molecule has 3 aromatic heterocycles. The molecule has 1 aromatic carbocycles. The first-order valence-corrected chi connectivity index (χ1v) is 10.6. The van der Waals surface area contributed by atoms with E-state index in [-0.39, 0.29) is 12.5 Å². The maximum absolute atomic E-state index is 13.6. The molecule has 8 nitrogen and oxygen atoms in total. The fraction of sp³-hybridized carbons (Fsp3) is 0.136. The summed E-state index contributed by atoms with van der Waals surface area (Å²) >= 11 is 2.20. The van der Waals surface area contributed by atoms with Crippen LogP contribution in [0, 0.1) is 10.5 Å². The van der Waals surface area contributed by atoms with Crippen molar-refractivity contribution in [3.8, 4) is 0 Å². The molecule has 0 aliphatic rings. The summed E-state index contributed by atoms with van der Waals surface area (Å²) in [7, 11) is 1.76. The van der Waals surface area contributed by atoms with Crippen molar-refractivity contribution in [1.82, 2.24) is 24.9 Å². The average molecular weight is 525 g/mol. The van der Waals surface area contributed by atoms with Gasteiger partial charge >= 0.3 is 0 Å². The van der Waals surface area contributed by atoms with Crippen LogP contribution in [0.5, 0.6) is 0 Å². The van der Waals surface area contributed by atoms with Crippen LogP contribution in [0.1, 0.15) is 21.6 Å². The van der Waals surface area contributed by atoms with Gasteiger partial charge in [-0.2, -0.15) is 0 Å². The van der Waals surface area contributed by atoms with Crippen molar-refractivity contribution in [3.63, 3.8) is 0 Å². The lowest BCUT2D eigenvalue weighted by Gasteiger charge is -2.31. The van der Waals surface area contributed by atoms with Crippen LogP contribution in [0.25, 0.3) is 10.9 Å². The zero-order valence-corrected chi connectivity index (χ0v) is 19.2. The summed E-state index contributed by atoms with van der Waals surface area (Å²) in [6, 6.07) is 12.9. The van der Waals surface area contributed by atoms with Crippen LogP contribution in [0.3, 0.4) is 0 Å². The molecule has 0 bridgehead atoms. The molecule has 0 radical (unpaired) electrons. The van der Waals surface area contributed by atoms with Gasteiger partial charge in [0.2, 0.25) is 5.95 Å². The van der Waals surface area contributed by atoms with Crippen molar-refractivity contribution in [2.24, 2.45) is 0 Å². The van der Waals surface area contributed by atoms with Gasteiger partial charge in [0.05, 0.1) is 17.8 Å². The van der Waals surface area contributed by atoms with Gasteiger partial charge in [0.1, 0.15) is 5.82 Å². The highest BCUT2D eigenvalue weighted by molar-refractivity contribution is 14.1. The number of hydrogen-bond acceptors (Lipinski definition) is 7. The number of anilines is 2. The molecule has 4 aromatic rings. The van der Waals surface area contributed by atoms with Gasteiger partial charge in [0.15, 0.2) is 0 Å². The van der Waals surface area contributed by atoms with Crippen molar-refractivity contribution in [2.75, 3.05) is 17.8 Å². The highest BCUT2D eigenvalue weighted by Gasteiger charge is 2.23. The first-order chi connectivity index (χ1) is 14.9. The van der Waals surface area contributed by atoms with E-state index in [0.29, 0.717) is 17.3 Å². The summed E-state index contributed by atoms with van der Waals surface area (Å²) in [6.45, 7) is 2.16. The fourth-order valence-electron chi connectivity index (χ4n) is 3.11. The SMILES string of the molecule is Cc1cc2cc(C(=O)N(Cc3ccc(I)cn3)N(C)c3ncccn3)ccc2nc1N. The van der Waals surface area contributed by atoms with Gasteiger partial charge in [0, 0.05) is 40.2 Å². The second-order valence-corrected chi connectivity index (χ2v) is 8.25. The molecular weight excluding hydrogens is 505 g/mol. The first-order valence-electron chi connectivity index (χ1n) is 9.52. The second kappa shape index (κ2) is 8.80. The molecule has 0 saturated heterocycles. The minimum atomic E-state index is -0.202. The van der Waals surface area contributed by atoms with E-state index in [1.54, 1.807) is 53.9 Å². The van der Waals surface area contributed by atoms with E-state index in [2.05, 4.69) is 42.5 Å². The van der Waals surface area contributed by atoms with Crippen LogP contribution in [0.2, 0.25) is 0 Å². The summed E-state index contributed by atoms with van der Waals surface area (Å²) in [5.41, 5.74) is 8.80. The van der Waals surface area contributed by atoms with Crippen LogP contribution >= 0.6 is 22.6 Å². The summed E-state index contributed by atoms with van der Waals surface area (Å²) in [5, 5.41) is 4.06. The maximum atomic E-state index is 13.6. The number of nitrogens with zero attached hydrogens (tertiary/aromatic N) is 6. The smallest absolute Gasteiger partial charge is 0.272 e. The number of amides is 1. The molecule has 0 unspecified atom stereocenters. The second-order valence-electron chi connectivity index (χ2n) is 7.00. The lowest BCUT2D eigenvalue weighted by Crippen LogP contribution is -2.45. The minimum Gasteiger partial charge on any atom is -0.383 e. The Morgan fingerprint density at radius 3 is 2.58 bits per heavy atom. The predicted octanol–water partition coefficient (Wildman–Crippen LogP) is 3.61. The van der Waals surface area contributed by atoms with Crippen molar-refractivity contribution in [2.45, 2.75) is 13.5 Å². The van der Waals surface area contributed by atoms with Crippen LogP contribution in [0.4, 0.5) is 11.8 Å². The quantitative estimate of drug-likeness (QED) is 0.314. The average Bonchev–Trinajstić information content (AvgIpc) is 2.79. The summed E-state index contributed by atoms with van der Waals surface area (Å²) in [5.74, 6) is 0.693. The molecule has 156 valence electrons. The van der Waals surface area contributed by atoms with E-state index < -0.39 is 0 Å². The van der Waals surface area contributed by atoms with E-state index in [1.807, 2.05) is 31.2 Å². The molecular formula is C22H20IN7O. The van der Waals surface area contributed by atoms with Crippen molar-refractivity contribution < 1.29 is 4.79 Å². The first kappa shape index (κ1) is 20.9. The Bertz CT molecular complexity index is 1230. The zero-order chi connectivity index (χ0) is 22.0. The monoisotopic (exact) mass is 525 g/mol. The number of aryl methyl sites for hydroxylation is 1. The largest absolute Gasteiger partial charge is 0.383 e. The van der Waals surface area contributed by atoms with Gasteiger partial charge in [-0.3, -0.25) is 14.8 Å². The van der Waals surface area contributed by atoms with Crippen LogP contribution in [0.15, 0.2) is 61.1 Å². The maximum Gasteiger partial charge on any atom is 0.272 e. The molecule has 0 spiro atoms. The lowest BCUT2D eigenvalue weighted by atomic mass is 10.1. The van der Waals surface area contributed by atoms with Gasteiger partial charge in [-0.1, -0.05) is 0 Å². The van der Waals surface area contributed by atoms with E-state index in [9.17, 15) is 4.79 Å². The minimum absolute atomic E-state index is 0.202. The third-order valence-corrected chi connectivity index (χ3v) is 5.47. The van der Waals surface area contributed by atoms with Crippen molar-refractivity contribution in [1.29, 1.82) is 0 Å². The predicted molar refractivity (Wildman–Crippen MR) is 128 cm³/mol. The summed E-state index contributed by atoms with van der Waals surface area (Å²) in [4.78, 5) is 31.0. The van der Waals surface area contributed by atoms with Gasteiger partial charge in [0.25, 0.3) is 5.91 Å². The van der Waals surface area contributed by atoms with Gasteiger partial charge in [-0.15, -0.1) is 0 Å². The topological polar surface area (TPSA) is 101 Å². The van der Waals surface area contributed by atoms with E-state index in [0.717, 1.165) is 25.7 Å². The highest BCUT2D eigenvalue weighted by Crippen LogP contribution is 2.22. The number of nitrogens with two attached hydrogens (primary N) is 1. The molecule has 9 heteroatoms. The number of aromatic nitrogens is 4. The van der Waals surface area contributed by atoms with Gasteiger partial charge < -0.3 is 5.73 Å². The van der Waals surface area contributed by atoms with Crippen LogP contribution in [-0.2, 0) is 6.54 Å². The third-order valence-electron chi connectivity index (χ3n) is 4.83. The molecule has 2 N–H and O–H groups in total. The third kappa shape index (κ3) is 4.55. The fourth-order valence-corrected chi connectivity index (χ4v) is 3.43. The number of carbonyl (C=O) groups is 1. The molecule has 0 aliphatic heterocycles. The summed E-state index contributed by atoms with van der Waals surface area (Å²) in [6.07, 6.45) is 5.05. The van der Waals surface area contributed by atoms with E-state index in [4.69, 9.17) is 5.73 Å². The Morgan fingerprint density at radius 1 is 1.10 bits per heavy atom. The number of pyridine rings is 2. The number of fused-ring (bicyclic) bond motifs is 1. The van der Waals surface area contributed by atoms with Gasteiger partial charge in [-0.25, -0.2) is 20.0 Å². The molecule has 4 rings (SSSR count). The Hall–Kier alpha value is -3.34. The molecule has 0 aliphatic carbocycles. The number of halogens is 1. The summed E-state index contributed by atoms with van der Waals surface area (Å²) < 4.78 is 1.02. The molecule has 0 fully saturated rings. The van der Waals surface area contributed by atoms with E-state index in [1.165, 1.54) is 0 Å². The van der Waals surface area contributed by atoms with Crippen molar-refractivity contribution >= 4 is 51.2 Å². The number of carbonyl (C=O) groups excluding carboxylic acids is 1. The number of hydrogen-bond donors (Lipinski definition) is 1. The Kier molecular flexibility index (Phi) is 5.94. The standard InChI is InChI=1S/C22H20IN7O/c1-14-10-16-11-15(4-7-19(16)28-20(14)24)21(31)30(13-18-6-5-17(23)12-27-18)29(2)22-25-8-3-9-26-22/h3-12H,13H2,1-2H3,(H2,24,28). The Balaban J connectivity index is 1.72. The number of rotatable bonds is 5. The molecule has 0 saturated carbocycles. The molecule has 3 heterocycles. The number of nitrogen functional groups attached to an aromatic ring is 1. The van der Waals surface area contributed by atoms with E-state index >= 15 is 0 Å². The Morgan fingerprint density at radius 2 is 1.87 bits per heavy atom. The molecule has 0 atom stereocenters. The number of benzene rings is 1. The van der Waals surface area contributed by atoms with Crippen LogP contribution in [-0.4, -0.2) is 37.9 Å². The molecule has 1 amide bonds. The highest BCUT2D eigenvalue weighted by atomic mass is 127. The van der Waals surface area contributed by atoms with Crippen molar-refractivity contribution in [3.05, 3.63) is 81.4 Å². The normalized spacial score (nSPS) is 10.8. The lowest BCUT2D eigenvalue weighted by molar-refractivity contribution is 0.0727. The Labute approximate surface area is 193 Å². The number of hydrazine groups is 1.